The Balaban J connectivity index is 0.000000588. The molecule has 178 valence electrons. The van der Waals surface area contributed by atoms with Crippen LogP contribution in [0, 0.1) is 10.2 Å². The highest BCUT2D eigenvalue weighted by Gasteiger charge is 2.13. The molecule has 0 N–H and O–H groups in total. The SMILES string of the molecule is COc1ccc(-c2cc(=[N+](C)Cc3ccccc3)c3cc(OC)ccc3o2)cc1.[O-][Cl+3]([O-])([O-])[O-]. The predicted octanol–water partition coefficient (Wildman–Crippen LogP) is -0.0368. The third-order valence-corrected chi connectivity index (χ3v) is 5.00. The van der Waals surface area contributed by atoms with Crippen molar-refractivity contribution in [3.63, 3.8) is 0 Å². The maximum absolute atomic E-state index is 8.49. The van der Waals surface area contributed by atoms with Gasteiger partial charge in [-0.25, -0.2) is 23.2 Å². The van der Waals surface area contributed by atoms with E-state index in [1.165, 1.54) is 5.56 Å². The fraction of sp³-hybridized carbons (Fsp3) is 0.160. The zero-order valence-electron chi connectivity index (χ0n) is 18.9. The molecule has 0 saturated carbocycles. The van der Waals surface area contributed by atoms with E-state index in [-0.39, 0.29) is 0 Å². The van der Waals surface area contributed by atoms with Crippen molar-refractivity contribution >= 4 is 11.0 Å². The molecule has 0 aliphatic heterocycles. The summed E-state index contributed by atoms with van der Waals surface area (Å²) in [5.41, 5.74) is 3.06. The van der Waals surface area contributed by atoms with Gasteiger partial charge in [-0.05, 0) is 42.5 Å². The molecule has 4 rings (SSSR count). The average Bonchev–Trinajstić information content (AvgIpc) is 2.82. The Morgan fingerprint density at radius 3 is 1.97 bits per heavy atom. The van der Waals surface area contributed by atoms with Crippen LogP contribution in [0.15, 0.2) is 83.3 Å². The molecule has 34 heavy (non-hydrogen) atoms. The summed E-state index contributed by atoms with van der Waals surface area (Å²) in [5.74, 6) is 2.43. The number of rotatable bonds is 5. The lowest BCUT2D eigenvalue weighted by atomic mass is 10.1. The van der Waals surface area contributed by atoms with Crippen molar-refractivity contribution in [3.8, 4) is 22.8 Å². The molecule has 1 heterocycles. The summed E-state index contributed by atoms with van der Waals surface area (Å²) < 4.78 is 53.2. The van der Waals surface area contributed by atoms with Crippen molar-refractivity contribution in [1.82, 2.24) is 4.58 Å². The Morgan fingerprint density at radius 2 is 1.38 bits per heavy atom. The largest absolute Gasteiger partial charge is 0.497 e. The Kier molecular flexibility index (Phi) is 8.27. The molecule has 0 spiro atoms. The van der Waals surface area contributed by atoms with E-state index in [9.17, 15) is 0 Å². The van der Waals surface area contributed by atoms with Crippen molar-refractivity contribution in [2.75, 3.05) is 21.3 Å². The molecular weight excluding hydrogens is 462 g/mol. The number of benzene rings is 3. The number of methoxy groups -OCH3 is 2. The molecule has 0 fully saturated rings. The van der Waals surface area contributed by atoms with Gasteiger partial charge in [0.2, 0.25) is 5.36 Å². The molecule has 3 aromatic carbocycles. The predicted molar refractivity (Wildman–Crippen MR) is 116 cm³/mol. The summed E-state index contributed by atoms with van der Waals surface area (Å²) >= 11 is 0. The maximum Gasteiger partial charge on any atom is 0.214 e. The summed E-state index contributed by atoms with van der Waals surface area (Å²) in [7, 11) is 0.496. The molecule has 0 atom stereocenters. The molecule has 0 aliphatic carbocycles. The van der Waals surface area contributed by atoms with Crippen molar-refractivity contribution in [3.05, 3.63) is 89.8 Å². The van der Waals surface area contributed by atoms with Gasteiger partial charge in [0.05, 0.1) is 25.7 Å². The number of nitrogens with zero attached hydrogens (tertiary/aromatic N) is 1. The summed E-state index contributed by atoms with van der Waals surface area (Å²) in [6, 6.07) is 26.3. The van der Waals surface area contributed by atoms with E-state index >= 15 is 0 Å². The van der Waals surface area contributed by atoms with Crippen LogP contribution < -0.4 is 38.0 Å². The summed E-state index contributed by atoms with van der Waals surface area (Å²) in [5, 5.41) is 2.10. The first-order chi connectivity index (χ1) is 16.2. The molecular formula is C25H24ClNO7. The van der Waals surface area contributed by atoms with Crippen molar-refractivity contribution in [1.29, 1.82) is 0 Å². The van der Waals surface area contributed by atoms with Gasteiger partial charge in [-0.15, -0.1) is 10.2 Å². The average molecular weight is 486 g/mol. The molecule has 9 heteroatoms. The first-order valence-corrected chi connectivity index (χ1v) is 11.4. The fourth-order valence-corrected chi connectivity index (χ4v) is 3.43. The quantitative estimate of drug-likeness (QED) is 0.363. The first kappa shape index (κ1) is 25.2. The molecule has 0 bridgehead atoms. The number of ether oxygens (including phenoxy) is 2. The van der Waals surface area contributed by atoms with Crippen molar-refractivity contribution in [2.24, 2.45) is 0 Å². The van der Waals surface area contributed by atoms with Gasteiger partial charge in [-0.2, -0.15) is 0 Å². The second-order valence-electron chi connectivity index (χ2n) is 7.31. The standard InChI is InChI=1S/C25H24NO3.ClHO4/c1-26(17-18-7-5-4-6-8-18)23-16-25(19-9-11-20(27-2)12-10-19)29-24-14-13-21(28-3)15-22(23)24;2-1(3,4)5/h4-16H,17H2,1-3H3;(H,2,3,4,5)/q+1;/p-1. The van der Waals surface area contributed by atoms with Crippen LogP contribution >= 0.6 is 0 Å². The fourth-order valence-electron chi connectivity index (χ4n) is 3.43. The van der Waals surface area contributed by atoms with Gasteiger partial charge >= 0.3 is 0 Å². The Hall–Kier alpha value is -3.40. The molecule has 8 nitrogen and oxygen atoms in total. The molecule has 1 aromatic heterocycles. The Morgan fingerprint density at radius 1 is 0.794 bits per heavy atom. The van der Waals surface area contributed by atoms with Crippen LogP contribution in [0.25, 0.3) is 22.3 Å². The third-order valence-electron chi connectivity index (χ3n) is 5.00. The van der Waals surface area contributed by atoms with Crippen molar-refractivity contribution in [2.45, 2.75) is 6.54 Å². The van der Waals surface area contributed by atoms with Crippen LogP contribution in [-0.2, 0) is 6.54 Å². The van der Waals surface area contributed by atoms with E-state index in [2.05, 4.69) is 42.0 Å². The highest BCUT2D eigenvalue weighted by molar-refractivity contribution is 5.80. The van der Waals surface area contributed by atoms with E-state index in [1.807, 2.05) is 48.5 Å². The smallest absolute Gasteiger partial charge is 0.214 e. The topological polar surface area (TPSA) is 127 Å². The van der Waals surface area contributed by atoms with Gasteiger partial charge in [0.15, 0.2) is 6.54 Å². The lowest BCUT2D eigenvalue weighted by molar-refractivity contribution is -2.00. The molecule has 0 saturated heterocycles. The number of fused-ring (bicyclic) bond motifs is 1. The molecule has 0 radical (unpaired) electrons. The second kappa shape index (κ2) is 11.1. The minimum absolute atomic E-state index is 0.791. The number of hydrogen-bond donors (Lipinski definition) is 0. The third kappa shape index (κ3) is 7.05. The van der Waals surface area contributed by atoms with Gasteiger partial charge in [0, 0.05) is 11.1 Å². The summed E-state index contributed by atoms with van der Waals surface area (Å²) in [4.78, 5) is 0. The Bertz CT molecular complexity index is 1290. The monoisotopic (exact) mass is 485 g/mol. The van der Waals surface area contributed by atoms with E-state index in [1.54, 1.807) is 14.2 Å². The van der Waals surface area contributed by atoms with Crippen LogP contribution in [0.2, 0.25) is 0 Å². The minimum Gasteiger partial charge on any atom is -0.497 e. The molecule has 0 aliphatic rings. The zero-order valence-corrected chi connectivity index (χ0v) is 19.7. The normalized spacial score (nSPS) is 12.0. The summed E-state index contributed by atoms with van der Waals surface area (Å²) in [6.45, 7) is 0.791. The van der Waals surface area contributed by atoms with Crippen LogP contribution in [0.1, 0.15) is 5.56 Å². The van der Waals surface area contributed by atoms with Crippen LogP contribution in [0.3, 0.4) is 0 Å². The second-order valence-corrected chi connectivity index (χ2v) is 8.06. The first-order valence-electron chi connectivity index (χ1n) is 10.1. The van der Waals surface area contributed by atoms with E-state index < -0.39 is 10.2 Å². The lowest BCUT2D eigenvalue weighted by Gasteiger charge is -2.17. The number of hydrogen-bond acceptors (Lipinski definition) is 7. The van der Waals surface area contributed by atoms with Gasteiger partial charge in [-0.3, -0.25) is 0 Å². The number of halogens is 1. The minimum atomic E-state index is -4.94. The van der Waals surface area contributed by atoms with Crippen LogP contribution in [0.5, 0.6) is 11.5 Å². The van der Waals surface area contributed by atoms with Gasteiger partial charge in [-0.1, -0.05) is 30.3 Å². The van der Waals surface area contributed by atoms with Crippen molar-refractivity contribution < 1.29 is 42.8 Å². The van der Waals surface area contributed by atoms with Gasteiger partial charge in [0.1, 0.15) is 29.9 Å². The zero-order chi connectivity index (χ0) is 24.7. The highest BCUT2D eigenvalue weighted by Crippen LogP contribution is 2.26. The van der Waals surface area contributed by atoms with Crippen LogP contribution in [0.4, 0.5) is 0 Å². The van der Waals surface area contributed by atoms with Gasteiger partial charge < -0.3 is 13.9 Å². The van der Waals surface area contributed by atoms with Gasteiger partial charge in [0.25, 0.3) is 0 Å². The lowest BCUT2D eigenvalue weighted by Crippen LogP contribution is -2.68. The molecule has 0 amide bonds. The van der Waals surface area contributed by atoms with E-state index in [0.717, 1.165) is 45.7 Å². The van der Waals surface area contributed by atoms with E-state index in [4.69, 9.17) is 32.5 Å². The summed E-state index contributed by atoms with van der Waals surface area (Å²) in [6.07, 6.45) is 0. The maximum atomic E-state index is 8.49. The molecule has 4 aromatic rings. The van der Waals surface area contributed by atoms with E-state index in [0.29, 0.717) is 0 Å². The van der Waals surface area contributed by atoms with Crippen LogP contribution in [-0.4, -0.2) is 21.3 Å². The highest BCUT2D eigenvalue weighted by atomic mass is 35.7. The molecule has 0 unspecified atom stereocenters. The Labute approximate surface area is 198 Å².